The van der Waals surface area contributed by atoms with E-state index in [0.717, 1.165) is 0 Å². The highest BCUT2D eigenvalue weighted by Crippen LogP contribution is 2.18. The summed E-state index contributed by atoms with van der Waals surface area (Å²) in [4.78, 5) is 12.4. The quantitative estimate of drug-likeness (QED) is 0.677. The molecule has 0 aliphatic rings. The molecule has 0 saturated carbocycles. The first-order valence-electron chi connectivity index (χ1n) is 8.05. The van der Waals surface area contributed by atoms with Crippen molar-refractivity contribution >= 4 is 21.6 Å². The molecule has 0 atom stereocenters. The first kappa shape index (κ1) is 18.8. The van der Waals surface area contributed by atoms with Crippen LogP contribution >= 0.6 is 0 Å². The Labute approximate surface area is 156 Å². The fraction of sp³-hybridized carbons (Fsp3) is 0.105. The van der Waals surface area contributed by atoms with Crippen molar-refractivity contribution in [3.8, 4) is 0 Å². The van der Waals surface area contributed by atoms with Gasteiger partial charge in [-0.3, -0.25) is 4.79 Å². The molecule has 2 aromatic carbocycles. The lowest BCUT2D eigenvalue weighted by molar-refractivity contribution is 0.102. The van der Waals surface area contributed by atoms with Crippen molar-refractivity contribution in [2.24, 2.45) is 0 Å². The van der Waals surface area contributed by atoms with E-state index in [1.165, 1.54) is 42.7 Å². The van der Waals surface area contributed by atoms with Crippen molar-refractivity contribution in [2.45, 2.75) is 18.4 Å². The van der Waals surface area contributed by atoms with Crippen molar-refractivity contribution < 1.29 is 22.0 Å². The van der Waals surface area contributed by atoms with Crippen LogP contribution in [-0.4, -0.2) is 14.3 Å². The van der Waals surface area contributed by atoms with Gasteiger partial charge in [-0.15, -0.1) is 0 Å². The lowest BCUT2D eigenvalue weighted by Crippen LogP contribution is -2.23. The monoisotopic (exact) mass is 388 g/mol. The lowest BCUT2D eigenvalue weighted by Gasteiger charge is -2.10. The van der Waals surface area contributed by atoms with Gasteiger partial charge < -0.3 is 9.73 Å². The van der Waals surface area contributed by atoms with Gasteiger partial charge >= 0.3 is 0 Å². The molecule has 0 unspecified atom stereocenters. The minimum absolute atomic E-state index is 0.00571. The van der Waals surface area contributed by atoms with E-state index in [4.69, 9.17) is 4.42 Å². The molecule has 0 spiro atoms. The van der Waals surface area contributed by atoms with Gasteiger partial charge in [0, 0.05) is 11.3 Å². The molecule has 0 aliphatic heterocycles. The maximum Gasteiger partial charge on any atom is 0.255 e. The largest absolute Gasteiger partial charge is 0.468 e. The van der Waals surface area contributed by atoms with E-state index in [-0.39, 0.29) is 17.0 Å². The van der Waals surface area contributed by atoms with Gasteiger partial charge in [0.05, 0.1) is 17.7 Å². The Bertz CT molecular complexity index is 1060. The third-order valence-corrected chi connectivity index (χ3v) is 5.27. The van der Waals surface area contributed by atoms with Crippen molar-refractivity contribution in [3.05, 3.63) is 83.6 Å². The van der Waals surface area contributed by atoms with Crippen molar-refractivity contribution in [3.63, 3.8) is 0 Å². The third kappa shape index (κ3) is 4.60. The average molecular weight is 388 g/mol. The molecule has 3 aromatic rings. The highest BCUT2D eigenvalue weighted by atomic mass is 32.2. The van der Waals surface area contributed by atoms with Crippen LogP contribution in [0.5, 0.6) is 0 Å². The summed E-state index contributed by atoms with van der Waals surface area (Å²) in [6.07, 6.45) is 1.45. The number of amides is 1. The second-order valence-corrected chi connectivity index (χ2v) is 7.61. The summed E-state index contributed by atoms with van der Waals surface area (Å²) in [5.74, 6) is -0.546. The van der Waals surface area contributed by atoms with Gasteiger partial charge in [-0.05, 0) is 55.0 Å². The molecular formula is C19H17FN2O4S. The van der Waals surface area contributed by atoms with Crippen molar-refractivity contribution in [2.75, 3.05) is 5.32 Å². The van der Waals surface area contributed by atoms with Crippen molar-refractivity contribution in [1.29, 1.82) is 0 Å². The Morgan fingerprint density at radius 2 is 1.93 bits per heavy atom. The number of hydrogen-bond donors (Lipinski definition) is 2. The van der Waals surface area contributed by atoms with Crippen LogP contribution in [0.3, 0.4) is 0 Å². The number of aryl methyl sites for hydroxylation is 1. The summed E-state index contributed by atoms with van der Waals surface area (Å²) in [5.41, 5.74) is 1.15. The predicted molar refractivity (Wildman–Crippen MR) is 98.3 cm³/mol. The van der Waals surface area contributed by atoms with Crippen LogP contribution in [0.25, 0.3) is 0 Å². The Kier molecular flexibility index (Phi) is 5.38. The van der Waals surface area contributed by atoms with E-state index in [1.807, 2.05) is 0 Å². The van der Waals surface area contributed by atoms with Gasteiger partial charge in [-0.25, -0.2) is 17.5 Å². The summed E-state index contributed by atoms with van der Waals surface area (Å²) < 4.78 is 45.7. The fourth-order valence-electron chi connectivity index (χ4n) is 2.39. The molecule has 27 heavy (non-hydrogen) atoms. The maximum atomic E-state index is 13.4. The zero-order chi connectivity index (χ0) is 19.4. The van der Waals surface area contributed by atoms with Crippen LogP contribution in [0.4, 0.5) is 10.1 Å². The van der Waals surface area contributed by atoms with Gasteiger partial charge in [-0.1, -0.05) is 12.1 Å². The van der Waals surface area contributed by atoms with Crippen molar-refractivity contribution in [1.82, 2.24) is 4.72 Å². The molecule has 0 saturated heterocycles. The van der Waals surface area contributed by atoms with E-state index in [0.29, 0.717) is 17.0 Å². The number of hydrogen-bond acceptors (Lipinski definition) is 4. The Balaban J connectivity index is 1.78. The number of benzene rings is 2. The Morgan fingerprint density at radius 1 is 1.11 bits per heavy atom. The molecule has 1 heterocycles. The molecule has 0 fully saturated rings. The molecule has 0 bridgehead atoms. The van der Waals surface area contributed by atoms with Gasteiger partial charge in [0.2, 0.25) is 10.0 Å². The molecule has 6 nitrogen and oxygen atoms in total. The number of anilines is 1. The van der Waals surface area contributed by atoms with Crippen LogP contribution in [0.15, 0.2) is 70.2 Å². The third-order valence-electron chi connectivity index (χ3n) is 3.87. The van der Waals surface area contributed by atoms with Gasteiger partial charge in [0.25, 0.3) is 5.91 Å². The standard InChI is InChI=1S/C19H17FN2O4S/c1-13-7-8-15(20)11-18(13)22-19(23)14-4-2-6-17(10-14)27(24,25)21-12-16-5-3-9-26-16/h2-11,21H,12H2,1H3,(H,22,23). The number of nitrogens with one attached hydrogen (secondary N) is 2. The number of furan rings is 1. The van der Waals surface area contributed by atoms with Crippen LogP contribution in [0.1, 0.15) is 21.7 Å². The highest BCUT2D eigenvalue weighted by molar-refractivity contribution is 7.89. The van der Waals surface area contributed by atoms with Gasteiger partial charge in [0.1, 0.15) is 11.6 Å². The SMILES string of the molecule is Cc1ccc(F)cc1NC(=O)c1cccc(S(=O)(=O)NCc2ccco2)c1. The molecule has 1 aromatic heterocycles. The zero-order valence-corrected chi connectivity index (χ0v) is 15.2. The molecule has 0 radical (unpaired) electrons. The molecular weight excluding hydrogens is 371 g/mol. The van der Waals surface area contributed by atoms with Crippen LogP contribution in [0.2, 0.25) is 0 Å². The van der Waals surface area contributed by atoms with Gasteiger partial charge in [-0.2, -0.15) is 0 Å². The second kappa shape index (κ2) is 7.73. The average Bonchev–Trinajstić information content (AvgIpc) is 3.17. The lowest BCUT2D eigenvalue weighted by atomic mass is 10.1. The summed E-state index contributed by atoms with van der Waals surface area (Å²) in [6.45, 7) is 1.72. The fourth-order valence-corrected chi connectivity index (χ4v) is 3.43. The topological polar surface area (TPSA) is 88.4 Å². The minimum Gasteiger partial charge on any atom is -0.468 e. The summed E-state index contributed by atoms with van der Waals surface area (Å²) in [5, 5.41) is 2.59. The predicted octanol–water partition coefficient (Wildman–Crippen LogP) is 3.46. The summed E-state index contributed by atoms with van der Waals surface area (Å²) >= 11 is 0. The zero-order valence-electron chi connectivity index (χ0n) is 14.4. The van der Waals surface area contributed by atoms with E-state index in [1.54, 1.807) is 25.1 Å². The Hall–Kier alpha value is -2.97. The summed E-state index contributed by atoms with van der Waals surface area (Å²) in [6, 6.07) is 12.9. The minimum atomic E-state index is -3.83. The molecule has 3 rings (SSSR count). The molecule has 2 N–H and O–H groups in total. The molecule has 1 amide bonds. The molecule has 140 valence electrons. The van der Waals surface area contributed by atoms with E-state index >= 15 is 0 Å². The van der Waals surface area contributed by atoms with Crippen LogP contribution in [-0.2, 0) is 16.6 Å². The number of rotatable bonds is 6. The number of carbonyl (C=O) groups is 1. The van der Waals surface area contributed by atoms with Crippen LogP contribution in [0, 0.1) is 12.7 Å². The number of sulfonamides is 1. The molecule has 8 heteroatoms. The van der Waals surface area contributed by atoms with E-state index in [9.17, 15) is 17.6 Å². The first-order chi connectivity index (χ1) is 12.8. The second-order valence-electron chi connectivity index (χ2n) is 5.85. The Morgan fingerprint density at radius 3 is 2.67 bits per heavy atom. The smallest absolute Gasteiger partial charge is 0.255 e. The maximum absolute atomic E-state index is 13.4. The van der Waals surface area contributed by atoms with Crippen LogP contribution < -0.4 is 10.0 Å². The summed E-state index contributed by atoms with van der Waals surface area (Å²) in [7, 11) is -3.83. The van der Waals surface area contributed by atoms with E-state index in [2.05, 4.69) is 10.0 Å². The normalized spacial score (nSPS) is 11.3. The van der Waals surface area contributed by atoms with Gasteiger partial charge in [0.15, 0.2) is 0 Å². The molecule has 0 aliphatic carbocycles. The number of halogens is 1. The number of carbonyl (C=O) groups excluding carboxylic acids is 1. The highest BCUT2D eigenvalue weighted by Gasteiger charge is 2.17. The first-order valence-corrected chi connectivity index (χ1v) is 9.53. The van der Waals surface area contributed by atoms with E-state index < -0.39 is 21.7 Å².